The molecule has 1 amide bonds. The first kappa shape index (κ1) is 17.3. The Morgan fingerprint density at radius 2 is 2.09 bits per heavy atom. The summed E-state index contributed by atoms with van der Waals surface area (Å²) >= 11 is 1.45. The van der Waals surface area contributed by atoms with Crippen molar-refractivity contribution in [2.75, 3.05) is 6.54 Å². The summed E-state index contributed by atoms with van der Waals surface area (Å²) in [6, 6.07) is 11.3. The summed E-state index contributed by atoms with van der Waals surface area (Å²) in [5, 5.41) is 3.37. The molecule has 23 heavy (non-hydrogen) atoms. The van der Waals surface area contributed by atoms with Gasteiger partial charge >= 0.3 is 0 Å². The fourth-order valence-corrected chi connectivity index (χ4v) is 2.85. The van der Waals surface area contributed by atoms with Crippen molar-refractivity contribution in [1.29, 1.82) is 0 Å². The van der Waals surface area contributed by atoms with E-state index in [0.717, 1.165) is 24.2 Å². The van der Waals surface area contributed by atoms with Crippen molar-refractivity contribution in [1.82, 2.24) is 15.3 Å². The maximum Gasteiger partial charge on any atom is 0.251 e. The minimum atomic E-state index is -0.230. The molecule has 1 aromatic heterocycles. The van der Waals surface area contributed by atoms with Crippen LogP contribution in [0, 0.1) is 0 Å². The van der Waals surface area contributed by atoms with Crippen molar-refractivity contribution in [3.63, 3.8) is 0 Å². The molecule has 1 heterocycles. The van der Waals surface area contributed by atoms with E-state index in [-0.39, 0.29) is 17.9 Å². The average molecular weight is 331 g/mol. The van der Waals surface area contributed by atoms with Crippen molar-refractivity contribution >= 4 is 17.7 Å². The van der Waals surface area contributed by atoms with Gasteiger partial charge in [0, 0.05) is 18.4 Å². The Bertz CT molecular complexity index is 686. The minimum Gasteiger partial charge on any atom is -0.356 e. The van der Waals surface area contributed by atoms with Crippen LogP contribution in [0.1, 0.15) is 31.0 Å². The topological polar surface area (TPSA) is 74.8 Å². The number of hydrogen-bond acceptors (Lipinski definition) is 4. The minimum absolute atomic E-state index is 0.101. The number of thioether (sulfide) groups is 1. The van der Waals surface area contributed by atoms with Crippen molar-refractivity contribution < 1.29 is 4.79 Å². The molecule has 0 atom stereocenters. The zero-order chi connectivity index (χ0) is 16.5. The molecule has 5 nitrogen and oxygen atoms in total. The summed E-state index contributed by atoms with van der Waals surface area (Å²) in [5.41, 5.74) is 1.42. The van der Waals surface area contributed by atoms with Crippen molar-refractivity contribution in [2.45, 2.75) is 37.1 Å². The second-order valence-corrected chi connectivity index (χ2v) is 6.16. The summed E-state index contributed by atoms with van der Waals surface area (Å²) in [7, 11) is 0. The Kier molecular flexibility index (Phi) is 6.87. The molecule has 0 saturated heterocycles. The van der Waals surface area contributed by atoms with Crippen molar-refractivity contribution in [3.05, 3.63) is 58.0 Å². The quantitative estimate of drug-likeness (QED) is 0.443. The van der Waals surface area contributed by atoms with Crippen LogP contribution in [0.4, 0.5) is 0 Å². The highest BCUT2D eigenvalue weighted by Gasteiger charge is 2.07. The Labute approximate surface area is 139 Å². The van der Waals surface area contributed by atoms with E-state index >= 15 is 0 Å². The van der Waals surface area contributed by atoms with Gasteiger partial charge in [-0.2, -0.15) is 0 Å². The molecule has 0 unspecified atom stereocenters. The molecular weight excluding hydrogens is 310 g/mol. The number of carbonyl (C=O) groups excluding carboxylic acids is 1. The second kappa shape index (κ2) is 9.15. The first-order valence-electron chi connectivity index (χ1n) is 7.71. The van der Waals surface area contributed by atoms with Gasteiger partial charge in [-0.3, -0.25) is 9.59 Å². The van der Waals surface area contributed by atoms with E-state index in [0.29, 0.717) is 17.4 Å². The SMILES string of the molecule is CCCCNC(=O)Cc1cc(=O)[nH]c(SCc2ccccc2)n1. The van der Waals surface area contributed by atoms with Gasteiger partial charge in [0.05, 0.1) is 12.1 Å². The molecule has 0 aliphatic carbocycles. The maximum atomic E-state index is 11.8. The van der Waals surface area contributed by atoms with E-state index in [1.54, 1.807) is 0 Å². The number of nitrogens with zero attached hydrogens (tertiary/aromatic N) is 1. The van der Waals surface area contributed by atoms with Gasteiger partial charge in [-0.15, -0.1) is 0 Å². The lowest BCUT2D eigenvalue weighted by Gasteiger charge is -2.06. The Morgan fingerprint density at radius 3 is 2.83 bits per heavy atom. The Balaban J connectivity index is 1.95. The third-order valence-electron chi connectivity index (χ3n) is 3.19. The number of aromatic amines is 1. The Hall–Kier alpha value is -2.08. The molecule has 122 valence electrons. The van der Waals surface area contributed by atoms with Crippen molar-refractivity contribution in [3.8, 4) is 0 Å². The summed E-state index contributed by atoms with van der Waals surface area (Å²) in [6.07, 6.45) is 2.11. The van der Waals surface area contributed by atoms with Crippen LogP contribution in [0.15, 0.2) is 46.3 Å². The molecule has 0 spiro atoms. The number of aromatic nitrogens is 2. The summed E-state index contributed by atoms with van der Waals surface area (Å²) in [4.78, 5) is 30.6. The molecule has 1 aromatic carbocycles. The molecule has 0 radical (unpaired) electrons. The maximum absolute atomic E-state index is 11.8. The largest absolute Gasteiger partial charge is 0.356 e. The van der Waals surface area contributed by atoms with Crippen LogP contribution < -0.4 is 10.9 Å². The third kappa shape index (κ3) is 6.28. The number of amides is 1. The van der Waals surface area contributed by atoms with E-state index in [4.69, 9.17) is 0 Å². The van der Waals surface area contributed by atoms with Crippen LogP contribution in [-0.4, -0.2) is 22.4 Å². The molecule has 2 rings (SSSR count). The first-order chi connectivity index (χ1) is 11.2. The van der Waals surface area contributed by atoms with Crippen LogP contribution in [-0.2, 0) is 17.0 Å². The van der Waals surface area contributed by atoms with Crippen LogP contribution in [0.25, 0.3) is 0 Å². The first-order valence-corrected chi connectivity index (χ1v) is 8.69. The van der Waals surface area contributed by atoms with Gasteiger partial charge in [0.15, 0.2) is 5.16 Å². The zero-order valence-electron chi connectivity index (χ0n) is 13.2. The van der Waals surface area contributed by atoms with Crippen LogP contribution >= 0.6 is 11.8 Å². The van der Waals surface area contributed by atoms with Gasteiger partial charge in [0.25, 0.3) is 5.56 Å². The molecule has 0 fully saturated rings. The molecule has 0 aliphatic heterocycles. The summed E-state index contributed by atoms with van der Waals surface area (Å²) in [5.74, 6) is 0.617. The number of H-pyrrole nitrogens is 1. The lowest BCUT2D eigenvalue weighted by atomic mass is 10.2. The smallest absolute Gasteiger partial charge is 0.251 e. The van der Waals surface area contributed by atoms with Gasteiger partial charge in [-0.05, 0) is 12.0 Å². The van der Waals surface area contributed by atoms with Crippen LogP contribution in [0.5, 0.6) is 0 Å². The van der Waals surface area contributed by atoms with Gasteiger partial charge in [-0.25, -0.2) is 4.98 Å². The predicted molar refractivity (Wildman–Crippen MR) is 92.5 cm³/mol. The predicted octanol–water partition coefficient (Wildman–Crippen LogP) is 2.52. The van der Waals surface area contributed by atoms with E-state index in [2.05, 4.69) is 22.2 Å². The molecule has 6 heteroatoms. The highest BCUT2D eigenvalue weighted by atomic mass is 32.2. The monoisotopic (exact) mass is 331 g/mol. The van der Waals surface area contributed by atoms with Gasteiger partial charge in [0.2, 0.25) is 5.91 Å². The molecule has 0 bridgehead atoms. The second-order valence-electron chi connectivity index (χ2n) is 5.20. The van der Waals surface area contributed by atoms with Crippen LogP contribution in [0.2, 0.25) is 0 Å². The standard InChI is InChI=1S/C17H21N3O2S/c1-2-3-9-18-15(21)10-14-11-16(22)20-17(19-14)23-12-13-7-5-4-6-8-13/h4-8,11H,2-3,9-10,12H2,1H3,(H,18,21)(H,19,20,22). The molecule has 2 N–H and O–H groups in total. The Morgan fingerprint density at radius 1 is 1.30 bits per heavy atom. The normalized spacial score (nSPS) is 10.5. The number of nitrogens with one attached hydrogen (secondary N) is 2. The number of rotatable bonds is 8. The highest BCUT2D eigenvalue weighted by Crippen LogP contribution is 2.18. The highest BCUT2D eigenvalue weighted by molar-refractivity contribution is 7.98. The number of benzene rings is 1. The van der Waals surface area contributed by atoms with Gasteiger partial charge in [0.1, 0.15) is 0 Å². The van der Waals surface area contributed by atoms with E-state index in [1.165, 1.54) is 17.8 Å². The lowest BCUT2D eigenvalue weighted by molar-refractivity contribution is -0.120. The average Bonchev–Trinajstić information content (AvgIpc) is 2.54. The van der Waals surface area contributed by atoms with E-state index in [1.807, 2.05) is 30.3 Å². The number of unbranched alkanes of at least 4 members (excludes halogenated alkanes) is 1. The fraction of sp³-hybridized carbons (Fsp3) is 0.353. The lowest BCUT2D eigenvalue weighted by Crippen LogP contribution is -2.27. The van der Waals surface area contributed by atoms with Crippen LogP contribution in [0.3, 0.4) is 0 Å². The van der Waals surface area contributed by atoms with Gasteiger partial charge in [-0.1, -0.05) is 55.4 Å². The number of hydrogen-bond donors (Lipinski definition) is 2. The third-order valence-corrected chi connectivity index (χ3v) is 4.13. The summed E-state index contributed by atoms with van der Waals surface area (Å²) in [6.45, 7) is 2.73. The molecular formula is C17H21N3O2S. The van der Waals surface area contributed by atoms with E-state index < -0.39 is 0 Å². The molecule has 2 aromatic rings. The molecule has 0 aliphatic rings. The zero-order valence-corrected chi connectivity index (χ0v) is 14.0. The van der Waals surface area contributed by atoms with Gasteiger partial charge < -0.3 is 10.3 Å². The summed E-state index contributed by atoms with van der Waals surface area (Å²) < 4.78 is 0. The van der Waals surface area contributed by atoms with E-state index in [9.17, 15) is 9.59 Å². The number of carbonyl (C=O) groups is 1. The van der Waals surface area contributed by atoms with Crippen molar-refractivity contribution in [2.24, 2.45) is 0 Å². The molecule has 0 saturated carbocycles. The fourth-order valence-electron chi connectivity index (χ4n) is 2.00.